The molecule has 4 aromatic carbocycles. The van der Waals surface area contributed by atoms with Gasteiger partial charge in [-0.2, -0.15) is 13.2 Å². The molecule has 2 aliphatic carbocycles. The molecular weight excluding hydrogens is 728 g/mol. The van der Waals surface area contributed by atoms with Crippen LogP contribution in [0.25, 0.3) is 10.8 Å². The summed E-state index contributed by atoms with van der Waals surface area (Å²) >= 11 is 2.62. The van der Waals surface area contributed by atoms with Crippen molar-refractivity contribution in [3.05, 3.63) is 111 Å². The summed E-state index contributed by atoms with van der Waals surface area (Å²) in [6, 6.07) is 23.1. The van der Waals surface area contributed by atoms with E-state index in [0.29, 0.717) is 28.6 Å². The number of H-pyrrole nitrogens is 1. The summed E-state index contributed by atoms with van der Waals surface area (Å²) in [7, 11) is 1.50. The van der Waals surface area contributed by atoms with Crippen molar-refractivity contribution in [3.63, 3.8) is 0 Å². The number of aromatic nitrogens is 1. The molecule has 1 aromatic heterocycles. The fourth-order valence-electron chi connectivity index (χ4n) is 9.13. The number of fused-ring (bicyclic) bond motifs is 10. The van der Waals surface area contributed by atoms with Gasteiger partial charge in [-0.3, -0.25) is 24.1 Å². The average molecular weight is 758 g/mol. The second-order valence-corrected chi connectivity index (χ2v) is 16.0. The van der Waals surface area contributed by atoms with Crippen molar-refractivity contribution in [2.45, 2.75) is 28.8 Å². The van der Waals surface area contributed by atoms with Gasteiger partial charge < -0.3 is 19.8 Å². The Kier molecular flexibility index (Phi) is 7.96. The summed E-state index contributed by atoms with van der Waals surface area (Å²) in [5, 5.41) is 5.40. The van der Waals surface area contributed by atoms with Gasteiger partial charge in [-0.05, 0) is 71.5 Å². The molecule has 0 radical (unpaired) electrons. The monoisotopic (exact) mass is 757 g/mol. The average Bonchev–Trinajstić information content (AvgIpc) is 3.89. The fourth-order valence-corrected chi connectivity index (χ4v) is 12.0. The first kappa shape index (κ1) is 33.7. The number of hydrogen-bond donors (Lipinski definition) is 2. The predicted molar refractivity (Wildman–Crippen MR) is 193 cm³/mol. The van der Waals surface area contributed by atoms with Crippen LogP contribution in [0.4, 0.5) is 24.5 Å². The van der Waals surface area contributed by atoms with Gasteiger partial charge in [0.15, 0.2) is 18.1 Å². The van der Waals surface area contributed by atoms with Crippen molar-refractivity contribution in [2.75, 3.05) is 23.9 Å². The number of ether oxygens (including phenoxy) is 2. The van der Waals surface area contributed by atoms with Crippen LogP contribution in [0.3, 0.4) is 0 Å². The third-order valence-corrected chi connectivity index (χ3v) is 13.7. The number of hydrogen-bond acceptors (Lipinski definition) is 8. The van der Waals surface area contributed by atoms with Crippen LogP contribution >= 0.6 is 23.1 Å². The highest BCUT2D eigenvalue weighted by Gasteiger charge is 2.69. The predicted octanol–water partition coefficient (Wildman–Crippen LogP) is 7.31. The quantitative estimate of drug-likeness (QED) is 0.167. The Morgan fingerprint density at radius 2 is 1.68 bits per heavy atom. The van der Waals surface area contributed by atoms with Crippen molar-refractivity contribution < 1.29 is 37.0 Å². The van der Waals surface area contributed by atoms with Gasteiger partial charge in [0, 0.05) is 27.1 Å². The van der Waals surface area contributed by atoms with Gasteiger partial charge in [0.1, 0.15) is 0 Å². The molecule has 270 valence electrons. The number of imide groups is 1. The molecule has 3 amide bonds. The molecule has 9 rings (SSSR count). The molecule has 3 heterocycles. The summed E-state index contributed by atoms with van der Waals surface area (Å²) in [4.78, 5) is 58.2. The van der Waals surface area contributed by atoms with Crippen molar-refractivity contribution in [2.24, 2.45) is 29.6 Å². The highest BCUT2D eigenvalue weighted by molar-refractivity contribution is 8.00. The molecule has 4 aliphatic rings. The number of rotatable bonds is 7. The minimum absolute atomic E-state index is 0.0784. The summed E-state index contributed by atoms with van der Waals surface area (Å²) in [5.41, 5.74) is 0.473. The van der Waals surface area contributed by atoms with E-state index in [1.54, 1.807) is 6.07 Å². The second kappa shape index (κ2) is 12.5. The van der Waals surface area contributed by atoms with Gasteiger partial charge in [0.05, 0.1) is 35.2 Å². The summed E-state index contributed by atoms with van der Waals surface area (Å²) in [5.74, 6) is -2.87. The lowest BCUT2D eigenvalue weighted by atomic mass is 9.68. The van der Waals surface area contributed by atoms with Crippen LogP contribution in [0.1, 0.15) is 28.3 Å². The lowest BCUT2D eigenvalue weighted by Crippen LogP contribution is -2.42. The summed E-state index contributed by atoms with van der Waals surface area (Å²) < 4.78 is 52.4. The molecule has 3 fully saturated rings. The number of thioether (sulfide) groups is 1. The number of nitrogens with zero attached hydrogens (tertiary/aromatic N) is 1. The number of carbonyl (C=O) groups excluding carboxylic acids is 3. The van der Waals surface area contributed by atoms with Crippen molar-refractivity contribution in [3.8, 4) is 11.5 Å². The van der Waals surface area contributed by atoms with Crippen LogP contribution in [0.15, 0.2) is 94.7 Å². The first-order chi connectivity index (χ1) is 25.5. The Bertz CT molecular complexity index is 2390. The number of thiazole rings is 1. The second-order valence-electron chi connectivity index (χ2n) is 13.8. The van der Waals surface area contributed by atoms with E-state index in [1.807, 2.05) is 54.6 Å². The van der Waals surface area contributed by atoms with Crippen LogP contribution < -0.4 is 24.6 Å². The number of aromatic amines is 1. The van der Waals surface area contributed by atoms with Gasteiger partial charge in [0.25, 0.3) is 5.91 Å². The van der Waals surface area contributed by atoms with Crippen molar-refractivity contribution in [1.82, 2.24) is 4.98 Å². The smallest absolute Gasteiger partial charge is 0.416 e. The number of benzene rings is 4. The van der Waals surface area contributed by atoms with Gasteiger partial charge in [-0.25, -0.2) is 0 Å². The van der Waals surface area contributed by atoms with E-state index in [0.717, 1.165) is 49.6 Å². The molecule has 0 spiro atoms. The van der Waals surface area contributed by atoms with E-state index in [4.69, 9.17) is 9.47 Å². The lowest BCUT2D eigenvalue weighted by Gasteiger charge is -2.43. The van der Waals surface area contributed by atoms with Crippen LogP contribution in [-0.2, 0) is 20.6 Å². The molecule has 4 unspecified atom stereocenters. The Morgan fingerprint density at radius 1 is 0.925 bits per heavy atom. The maximum Gasteiger partial charge on any atom is 0.416 e. The first-order valence-corrected chi connectivity index (χ1v) is 18.7. The molecule has 2 bridgehead atoms. The molecule has 1 saturated heterocycles. The van der Waals surface area contributed by atoms with E-state index in [9.17, 15) is 32.3 Å². The van der Waals surface area contributed by atoms with Gasteiger partial charge in [0.2, 0.25) is 11.8 Å². The Labute approximate surface area is 308 Å². The van der Waals surface area contributed by atoms with Crippen molar-refractivity contribution >= 4 is 63.0 Å². The first-order valence-electron chi connectivity index (χ1n) is 17.0. The molecule has 9 nitrogen and oxygen atoms in total. The van der Waals surface area contributed by atoms with Gasteiger partial charge in [-0.1, -0.05) is 59.9 Å². The van der Waals surface area contributed by atoms with Gasteiger partial charge >= 0.3 is 11.0 Å². The zero-order valence-electron chi connectivity index (χ0n) is 27.9. The number of halogens is 3. The molecule has 2 N–H and O–H groups in total. The number of anilines is 2. The minimum atomic E-state index is -4.63. The summed E-state index contributed by atoms with van der Waals surface area (Å²) in [6.45, 7) is -0.279. The Hall–Kier alpha value is -5.08. The zero-order valence-corrected chi connectivity index (χ0v) is 29.5. The Morgan fingerprint density at radius 3 is 2.47 bits per heavy atom. The molecule has 2 saturated carbocycles. The topological polar surface area (TPSA) is 118 Å². The Balaban J connectivity index is 1.00. The van der Waals surface area contributed by atoms with Gasteiger partial charge in [-0.15, -0.1) is 11.8 Å². The third-order valence-electron chi connectivity index (χ3n) is 11.1. The highest BCUT2D eigenvalue weighted by Crippen LogP contribution is 2.69. The van der Waals surface area contributed by atoms with Crippen molar-refractivity contribution in [1.29, 1.82) is 0 Å². The summed E-state index contributed by atoms with van der Waals surface area (Å²) in [6.07, 6.45) is -4.01. The third kappa shape index (κ3) is 5.44. The van der Waals surface area contributed by atoms with E-state index < -0.39 is 35.4 Å². The van der Waals surface area contributed by atoms with Crippen LogP contribution in [0.2, 0.25) is 0 Å². The molecule has 2 aliphatic heterocycles. The zero-order chi connectivity index (χ0) is 36.8. The maximum absolute atomic E-state index is 14.1. The molecule has 53 heavy (non-hydrogen) atoms. The fraction of sp³-hybridized carbons (Fsp3) is 0.282. The van der Waals surface area contributed by atoms with E-state index in [2.05, 4.69) is 10.3 Å². The SMILES string of the molecule is COc1cc([C@H]2c3sc(=O)[nH]c3SC3C2[C@H]2C[C@@H]3C3C(=O)N(c4cccc(C(F)(F)F)c4)C(=O)C32)ccc1OCC(=O)Nc1cccc2ccccc12. The molecule has 14 heteroatoms. The van der Waals surface area contributed by atoms with E-state index in [1.165, 1.54) is 31.0 Å². The highest BCUT2D eigenvalue weighted by atomic mass is 32.2. The van der Waals surface area contributed by atoms with Crippen LogP contribution in [0.5, 0.6) is 11.5 Å². The lowest BCUT2D eigenvalue weighted by molar-refractivity contribution is -0.137. The number of alkyl halides is 3. The largest absolute Gasteiger partial charge is 0.493 e. The van der Waals surface area contributed by atoms with E-state index >= 15 is 0 Å². The number of carbonyl (C=O) groups is 3. The number of methoxy groups -OCH3 is 1. The number of amides is 3. The molecule has 5 aromatic rings. The van der Waals surface area contributed by atoms with E-state index in [-0.39, 0.29) is 52.0 Å². The standard InChI is InChI=1S/C39H30F3N3O6S2/c1-50-27-14-19(12-13-26(27)51-17-28(46)43-25-11-4-7-18-6-2-3-10-22(18)25)29-30-23-16-24(33(30)52-35-34(29)53-38(49)44-35)32-31(23)36(47)45(37(32)48)21-9-5-8-20(15-21)39(40,41)42/h2-15,23-24,29-33H,16-17H2,1H3,(H,43,46)(H,44,49)/t23-,24-,29-,30?,31?,32?,33?/m1/s1. The molecule has 7 atom stereocenters. The normalized spacial score (nSPS) is 25.7. The van der Waals surface area contributed by atoms with Crippen LogP contribution in [0, 0.1) is 29.6 Å². The number of nitrogens with one attached hydrogen (secondary N) is 2. The maximum atomic E-state index is 14.1. The molecular formula is C39H30F3N3O6S2. The minimum Gasteiger partial charge on any atom is -0.493 e. The van der Waals surface area contributed by atoms with Crippen LogP contribution in [-0.4, -0.2) is 41.7 Å².